The molecule has 0 aromatic heterocycles. The maximum atomic E-state index is 13.0. The van der Waals surface area contributed by atoms with Crippen LogP contribution < -0.4 is 10.7 Å². The van der Waals surface area contributed by atoms with Gasteiger partial charge in [0.05, 0.1) is 6.21 Å². The van der Waals surface area contributed by atoms with Crippen LogP contribution in [0.3, 0.4) is 0 Å². The summed E-state index contributed by atoms with van der Waals surface area (Å²) >= 11 is 0. The van der Waals surface area contributed by atoms with Crippen molar-refractivity contribution >= 4 is 34.5 Å². The molecule has 0 atom stereocenters. The number of hydrazone groups is 1. The minimum Gasteiger partial charge on any atom is -0.322 e. The first-order valence-electron chi connectivity index (χ1n) is 9.58. The topological polar surface area (TPSA) is 70.6 Å². The summed E-state index contributed by atoms with van der Waals surface area (Å²) in [4.78, 5) is 24.5. The van der Waals surface area contributed by atoms with Crippen LogP contribution in [0.25, 0.3) is 10.8 Å². The third kappa shape index (κ3) is 4.82. The summed E-state index contributed by atoms with van der Waals surface area (Å²) in [6.07, 6.45) is 1.61. The fourth-order valence-electron chi connectivity index (χ4n) is 3.10. The van der Waals surface area contributed by atoms with Crippen LogP contribution >= 0.6 is 0 Å². The summed E-state index contributed by atoms with van der Waals surface area (Å²) in [6, 6.07) is 25.5. The number of carbonyl (C=O) groups excluding carboxylic acids is 2. The molecular weight excluding hydrogens is 393 g/mol. The Morgan fingerprint density at radius 3 is 2.16 bits per heavy atom. The summed E-state index contributed by atoms with van der Waals surface area (Å²) in [7, 11) is 0. The number of benzene rings is 4. The molecule has 2 amide bonds. The Morgan fingerprint density at radius 2 is 1.39 bits per heavy atom. The Labute approximate surface area is 178 Å². The molecule has 0 saturated carbocycles. The number of nitrogens with one attached hydrogen (secondary N) is 2. The van der Waals surface area contributed by atoms with Gasteiger partial charge in [-0.3, -0.25) is 9.59 Å². The van der Waals surface area contributed by atoms with Gasteiger partial charge in [0, 0.05) is 22.4 Å². The summed E-state index contributed by atoms with van der Waals surface area (Å²) in [5, 5.41) is 8.90. The van der Waals surface area contributed by atoms with E-state index in [1.165, 1.54) is 24.3 Å². The van der Waals surface area contributed by atoms with Crippen molar-refractivity contribution in [2.45, 2.75) is 0 Å². The molecule has 4 aromatic carbocycles. The average molecular weight is 411 g/mol. The number of anilines is 1. The molecule has 0 bridgehead atoms. The number of carbonyl (C=O) groups is 2. The summed E-state index contributed by atoms with van der Waals surface area (Å²) in [5.74, 6) is -1.14. The van der Waals surface area contributed by atoms with Gasteiger partial charge >= 0.3 is 0 Å². The zero-order valence-electron chi connectivity index (χ0n) is 16.4. The van der Waals surface area contributed by atoms with Crippen molar-refractivity contribution in [2.24, 2.45) is 5.10 Å². The van der Waals surface area contributed by atoms with E-state index in [2.05, 4.69) is 15.8 Å². The van der Waals surface area contributed by atoms with Gasteiger partial charge in [-0.2, -0.15) is 5.10 Å². The van der Waals surface area contributed by atoms with E-state index in [-0.39, 0.29) is 11.8 Å². The maximum absolute atomic E-state index is 13.0. The molecule has 0 radical (unpaired) electrons. The maximum Gasteiger partial charge on any atom is 0.271 e. The third-order valence-electron chi connectivity index (χ3n) is 4.70. The molecule has 0 aliphatic carbocycles. The van der Waals surface area contributed by atoms with Crippen LogP contribution in [0.2, 0.25) is 0 Å². The van der Waals surface area contributed by atoms with E-state index in [4.69, 9.17) is 0 Å². The highest BCUT2D eigenvalue weighted by Crippen LogP contribution is 2.17. The second-order valence-corrected chi connectivity index (χ2v) is 6.81. The first-order chi connectivity index (χ1) is 15.1. The van der Waals surface area contributed by atoms with Crippen LogP contribution in [0.1, 0.15) is 26.3 Å². The molecule has 0 aliphatic rings. The van der Waals surface area contributed by atoms with E-state index >= 15 is 0 Å². The van der Waals surface area contributed by atoms with E-state index in [9.17, 15) is 14.0 Å². The van der Waals surface area contributed by atoms with E-state index < -0.39 is 5.82 Å². The first-order valence-corrected chi connectivity index (χ1v) is 9.58. The predicted octanol–water partition coefficient (Wildman–Crippen LogP) is 5.00. The van der Waals surface area contributed by atoms with E-state index in [1.807, 2.05) is 42.5 Å². The van der Waals surface area contributed by atoms with Crippen LogP contribution in [-0.4, -0.2) is 18.0 Å². The third-order valence-corrected chi connectivity index (χ3v) is 4.70. The average Bonchev–Trinajstić information content (AvgIpc) is 2.80. The van der Waals surface area contributed by atoms with Crippen LogP contribution in [0.4, 0.5) is 10.1 Å². The second-order valence-electron chi connectivity index (χ2n) is 6.81. The zero-order chi connectivity index (χ0) is 21.6. The van der Waals surface area contributed by atoms with Crippen LogP contribution in [0.15, 0.2) is 96.1 Å². The fraction of sp³-hybridized carbons (Fsp3) is 0. The van der Waals surface area contributed by atoms with Gasteiger partial charge in [0.2, 0.25) is 0 Å². The van der Waals surface area contributed by atoms with Gasteiger partial charge < -0.3 is 5.32 Å². The molecule has 6 heteroatoms. The molecule has 5 nitrogen and oxygen atoms in total. The van der Waals surface area contributed by atoms with Gasteiger partial charge in [0.15, 0.2) is 0 Å². The molecule has 0 aliphatic heterocycles. The van der Waals surface area contributed by atoms with E-state index in [1.54, 1.807) is 30.5 Å². The SMILES string of the molecule is O=C(N/N=C/c1cccc2ccccc12)c1ccc(NC(=O)c2ccc(F)cc2)cc1. The van der Waals surface area contributed by atoms with Crippen LogP contribution in [-0.2, 0) is 0 Å². The minimum absolute atomic E-state index is 0.339. The van der Waals surface area contributed by atoms with Gasteiger partial charge in [0.25, 0.3) is 11.8 Å². The van der Waals surface area contributed by atoms with Crippen molar-refractivity contribution in [2.75, 3.05) is 5.32 Å². The van der Waals surface area contributed by atoms with Crippen molar-refractivity contribution in [3.63, 3.8) is 0 Å². The molecule has 152 valence electrons. The lowest BCUT2D eigenvalue weighted by Crippen LogP contribution is -2.18. The molecule has 0 heterocycles. The number of hydrogen-bond donors (Lipinski definition) is 2. The van der Waals surface area contributed by atoms with Crippen molar-refractivity contribution in [3.8, 4) is 0 Å². The molecule has 31 heavy (non-hydrogen) atoms. The predicted molar refractivity (Wildman–Crippen MR) is 120 cm³/mol. The molecule has 0 spiro atoms. The Balaban J connectivity index is 1.38. The Hall–Kier alpha value is -4.32. The largest absolute Gasteiger partial charge is 0.322 e. The normalized spacial score (nSPS) is 10.9. The molecular formula is C25H18FN3O2. The van der Waals surface area contributed by atoms with Crippen molar-refractivity contribution in [1.29, 1.82) is 0 Å². The highest BCUT2D eigenvalue weighted by atomic mass is 19.1. The van der Waals surface area contributed by atoms with Crippen molar-refractivity contribution in [1.82, 2.24) is 5.43 Å². The second kappa shape index (κ2) is 9.00. The molecule has 0 unspecified atom stereocenters. The quantitative estimate of drug-likeness (QED) is 0.359. The molecule has 4 aromatic rings. The summed E-state index contributed by atoms with van der Waals surface area (Å²) in [6.45, 7) is 0. The van der Waals surface area contributed by atoms with Crippen LogP contribution in [0, 0.1) is 5.82 Å². The first kappa shape index (κ1) is 20.0. The lowest BCUT2D eigenvalue weighted by molar-refractivity contribution is 0.0954. The number of rotatable bonds is 5. The lowest BCUT2D eigenvalue weighted by atomic mass is 10.1. The van der Waals surface area contributed by atoms with E-state index in [0.717, 1.165) is 16.3 Å². The molecule has 2 N–H and O–H groups in total. The highest BCUT2D eigenvalue weighted by Gasteiger charge is 2.08. The number of halogens is 1. The summed E-state index contributed by atoms with van der Waals surface area (Å²) < 4.78 is 13.0. The lowest BCUT2D eigenvalue weighted by Gasteiger charge is -2.06. The van der Waals surface area contributed by atoms with Gasteiger partial charge in [-0.25, -0.2) is 9.82 Å². The van der Waals surface area contributed by atoms with Gasteiger partial charge in [0.1, 0.15) is 5.82 Å². The molecule has 4 rings (SSSR count). The van der Waals surface area contributed by atoms with Gasteiger partial charge in [-0.15, -0.1) is 0 Å². The summed E-state index contributed by atoms with van der Waals surface area (Å²) in [5.41, 5.74) is 4.67. The Kier molecular flexibility index (Phi) is 5.80. The Bertz CT molecular complexity index is 1260. The highest BCUT2D eigenvalue weighted by molar-refractivity contribution is 6.04. The number of hydrogen-bond acceptors (Lipinski definition) is 3. The Morgan fingerprint density at radius 1 is 0.742 bits per heavy atom. The standard InChI is InChI=1S/C25H18FN3O2/c26-21-12-8-18(9-13-21)24(30)28-22-14-10-19(11-15-22)25(31)29-27-16-20-6-3-5-17-4-1-2-7-23(17)20/h1-16H,(H,28,30)(H,29,31)/b27-16+. The fourth-order valence-corrected chi connectivity index (χ4v) is 3.10. The van der Waals surface area contributed by atoms with Gasteiger partial charge in [-0.05, 0) is 59.3 Å². The van der Waals surface area contributed by atoms with E-state index in [0.29, 0.717) is 16.8 Å². The van der Waals surface area contributed by atoms with Gasteiger partial charge in [-0.1, -0.05) is 42.5 Å². The number of amides is 2. The van der Waals surface area contributed by atoms with Crippen molar-refractivity contribution < 1.29 is 14.0 Å². The number of nitrogens with zero attached hydrogens (tertiary/aromatic N) is 1. The monoisotopic (exact) mass is 411 g/mol. The molecule has 0 fully saturated rings. The van der Waals surface area contributed by atoms with Crippen molar-refractivity contribution in [3.05, 3.63) is 114 Å². The smallest absolute Gasteiger partial charge is 0.271 e. The zero-order valence-corrected chi connectivity index (χ0v) is 16.4. The van der Waals surface area contributed by atoms with Crippen LogP contribution in [0.5, 0.6) is 0 Å². The number of fused-ring (bicyclic) bond motifs is 1. The minimum atomic E-state index is -0.407. The molecule has 0 saturated heterocycles.